The summed E-state index contributed by atoms with van der Waals surface area (Å²) in [4.78, 5) is 8.48. The molecule has 0 aliphatic heterocycles. The maximum Gasteiger partial charge on any atom is 0.0704 e. The molecule has 0 unspecified atom stereocenters. The molecule has 3 aromatic rings. The molecule has 88 valence electrons. The molecule has 0 radical (unpaired) electrons. The van der Waals surface area contributed by atoms with Crippen molar-refractivity contribution in [2.45, 2.75) is 6.42 Å². The number of benzene rings is 1. The summed E-state index contributed by atoms with van der Waals surface area (Å²) in [5, 5.41) is 1.18. The monoisotopic (exact) mass is 235 g/mol. The second-order valence-corrected chi connectivity index (χ2v) is 4.29. The van der Waals surface area contributed by atoms with Crippen LogP contribution in [0.3, 0.4) is 0 Å². The number of nitrogens with two attached hydrogens (primary N) is 1. The van der Waals surface area contributed by atoms with Gasteiger partial charge < -0.3 is 5.73 Å². The summed E-state index contributed by atoms with van der Waals surface area (Å²) in [5.41, 5.74) is 9.83. The van der Waals surface area contributed by atoms with E-state index in [0.717, 1.165) is 17.5 Å². The molecular formula is C15H13N3. The molecule has 0 spiro atoms. The molecular weight excluding hydrogens is 222 g/mol. The van der Waals surface area contributed by atoms with E-state index >= 15 is 0 Å². The van der Waals surface area contributed by atoms with Gasteiger partial charge in [-0.2, -0.15) is 0 Å². The molecule has 0 amide bonds. The molecule has 3 heteroatoms. The predicted molar refractivity (Wildman–Crippen MR) is 73.2 cm³/mol. The number of nitrogen functional groups attached to an aromatic ring is 1. The molecule has 2 N–H and O–H groups in total. The largest absolute Gasteiger partial charge is 0.397 e. The summed E-state index contributed by atoms with van der Waals surface area (Å²) in [6, 6.07) is 12.2. The molecule has 0 aliphatic carbocycles. The molecule has 1 aromatic carbocycles. The maximum atomic E-state index is 5.75. The van der Waals surface area contributed by atoms with Crippen molar-refractivity contribution in [2.75, 3.05) is 5.73 Å². The fraction of sp³-hybridized carbons (Fsp3) is 0.0667. The van der Waals surface area contributed by atoms with Crippen LogP contribution in [0.25, 0.3) is 10.9 Å². The van der Waals surface area contributed by atoms with Crippen molar-refractivity contribution in [1.29, 1.82) is 0 Å². The Bertz CT molecular complexity index is 687. The van der Waals surface area contributed by atoms with Gasteiger partial charge in [-0.05, 0) is 35.7 Å². The number of pyridine rings is 2. The van der Waals surface area contributed by atoms with E-state index in [4.69, 9.17) is 5.73 Å². The molecule has 2 aromatic heterocycles. The van der Waals surface area contributed by atoms with Crippen molar-refractivity contribution < 1.29 is 0 Å². The van der Waals surface area contributed by atoms with Crippen LogP contribution in [0.4, 0.5) is 5.69 Å². The van der Waals surface area contributed by atoms with Gasteiger partial charge in [0.25, 0.3) is 0 Å². The fourth-order valence-corrected chi connectivity index (χ4v) is 2.13. The van der Waals surface area contributed by atoms with E-state index in [2.05, 4.69) is 16.0 Å². The second kappa shape index (κ2) is 4.45. The SMILES string of the molecule is Nc1cncc(Cc2ccnc3ccccc23)c1. The van der Waals surface area contributed by atoms with E-state index < -0.39 is 0 Å². The van der Waals surface area contributed by atoms with E-state index in [0.29, 0.717) is 5.69 Å². The molecule has 0 atom stereocenters. The van der Waals surface area contributed by atoms with Crippen molar-refractivity contribution in [2.24, 2.45) is 0 Å². The van der Waals surface area contributed by atoms with Crippen molar-refractivity contribution in [3.8, 4) is 0 Å². The number of fused-ring (bicyclic) bond motifs is 1. The number of hydrogen-bond acceptors (Lipinski definition) is 3. The van der Waals surface area contributed by atoms with Crippen LogP contribution in [0.5, 0.6) is 0 Å². The van der Waals surface area contributed by atoms with Gasteiger partial charge in [-0.3, -0.25) is 9.97 Å². The topological polar surface area (TPSA) is 51.8 Å². The van der Waals surface area contributed by atoms with Crippen molar-refractivity contribution in [1.82, 2.24) is 9.97 Å². The maximum absolute atomic E-state index is 5.75. The van der Waals surface area contributed by atoms with Gasteiger partial charge in [0, 0.05) is 24.0 Å². The summed E-state index contributed by atoms with van der Waals surface area (Å²) in [5.74, 6) is 0. The number of hydrogen-bond donors (Lipinski definition) is 1. The summed E-state index contributed by atoms with van der Waals surface area (Å²) < 4.78 is 0. The van der Waals surface area contributed by atoms with Crippen LogP contribution in [-0.4, -0.2) is 9.97 Å². The second-order valence-electron chi connectivity index (χ2n) is 4.29. The van der Waals surface area contributed by atoms with E-state index in [1.807, 2.05) is 42.7 Å². The van der Waals surface area contributed by atoms with E-state index in [-0.39, 0.29) is 0 Å². The Labute approximate surface area is 105 Å². The van der Waals surface area contributed by atoms with E-state index in [9.17, 15) is 0 Å². The smallest absolute Gasteiger partial charge is 0.0704 e. The molecule has 0 bridgehead atoms. The van der Waals surface area contributed by atoms with Gasteiger partial charge in [0.2, 0.25) is 0 Å². The van der Waals surface area contributed by atoms with E-state index in [1.54, 1.807) is 6.20 Å². The summed E-state index contributed by atoms with van der Waals surface area (Å²) >= 11 is 0. The minimum Gasteiger partial charge on any atom is -0.397 e. The molecule has 18 heavy (non-hydrogen) atoms. The van der Waals surface area contributed by atoms with Gasteiger partial charge in [-0.25, -0.2) is 0 Å². The van der Waals surface area contributed by atoms with Crippen LogP contribution < -0.4 is 5.73 Å². The fourth-order valence-electron chi connectivity index (χ4n) is 2.13. The third-order valence-corrected chi connectivity index (χ3v) is 2.95. The third kappa shape index (κ3) is 2.02. The highest BCUT2D eigenvalue weighted by molar-refractivity contribution is 5.82. The van der Waals surface area contributed by atoms with Crippen LogP contribution in [0.2, 0.25) is 0 Å². The lowest BCUT2D eigenvalue weighted by atomic mass is 10.0. The van der Waals surface area contributed by atoms with Gasteiger partial charge in [-0.15, -0.1) is 0 Å². The Morgan fingerprint density at radius 3 is 2.83 bits per heavy atom. The zero-order valence-corrected chi connectivity index (χ0v) is 9.88. The lowest BCUT2D eigenvalue weighted by molar-refractivity contribution is 1.15. The van der Waals surface area contributed by atoms with Gasteiger partial charge in [0.15, 0.2) is 0 Å². The van der Waals surface area contributed by atoms with Gasteiger partial charge in [0.05, 0.1) is 11.2 Å². The zero-order valence-electron chi connectivity index (χ0n) is 9.88. The standard InChI is InChI=1S/C15H13N3/c16-13-8-11(9-17-10-13)7-12-5-6-18-15-4-2-1-3-14(12)15/h1-6,8-10H,7,16H2. The van der Waals surface area contributed by atoms with Crippen LogP contribution in [0.15, 0.2) is 55.0 Å². The first-order valence-electron chi connectivity index (χ1n) is 5.85. The first-order chi connectivity index (χ1) is 8.83. The molecule has 0 aliphatic rings. The summed E-state index contributed by atoms with van der Waals surface area (Å²) in [7, 11) is 0. The number of para-hydroxylation sites is 1. The average molecular weight is 235 g/mol. The first kappa shape index (κ1) is 10.7. The number of rotatable bonds is 2. The molecule has 0 saturated carbocycles. The molecule has 3 nitrogen and oxygen atoms in total. The number of aromatic nitrogens is 2. The highest BCUT2D eigenvalue weighted by Gasteiger charge is 2.03. The molecule has 0 fully saturated rings. The molecule has 0 saturated heterocycles. The molecule has 2 heterocycles. The first-order valence-corrected chi connectivity index (χ1v) is 5.85. The Morgan fingerprint density at radius 1 is 1.06 bits per heavy atom. The normalized spacial score (nSPS) is 10.7. The Kier molecular flexibility index (Phi) is 2.65. The van der Waals surface area contributed by atoms with Crippen LogP contribution in [0, 0.1) is 0 Å². The Hall–Kier alpha value is -2.42. The quantitative estimate of drug-likeness (QED) is 0.743. The third-order valence-electron chi connectivity index (χ3n) is 2.95. The number of nitrogens with zero attached hydrogens (tertiary/aromatic N) is 2. The minimum atomic E-state index is 0.700. The lowest BCUT2D eigenvalue weighted by Gasteiger charge is -2.06. The Morgan fingerprint density at radius 2 is 1.94 bits per heavy atom. The predicted octanol–water partition coefficient (Wildman–Crippen LogP) is 2.80. The van der Waals surface area contributed by atoms with Crippen LogP contribution in [0.1, 0.15) is 11.1 Å². The van der Waals surface area contributed by atoms with Crippen molar-refractivity contribution >= 4 is 16.6 Å². The highest BCUT2D eigenvalue weighted by Crippen LogP contribution is 2.19. The minimum absolute atomic E-state index is 0.700. The summed E-state index contributed by atoms with van der Waals surface area (Å²) in [6.07, 6.45) is 6.18. The van der Waals surface area contributed by atoms with Crippen LogP contribution in [-0.2, 0) is 6.42 Å². The molecule has 3 rings (SSSR count). The lowest BCUT2D eigenvalue weighted by Crippen LogP contribution is -1.94. The van der Waals surface area contributed by atoms with Crippen molar-refractivity contribution in [3.63, 3.8) is 0 Å². The van der Waals surface area contributed by atoms with Crippen LogP contribution >= 0.6 is 0 Å². The highest BCUT2D eigenvalue weighted by atomic mass is 14.7. The van der Waals surface area contributed by atoms with Crippen molar-refractivity contribution in [3.05, 3.63) is 66.1 Å². The number of anilines is 1. The Balaban J connectivity index is 2.05. The van der Waals surface area contributed by atoms with Gasteiger partial charge in [0.1, 0.15) is 0 Å². The summed E-state index contributed by atoms with van der Waals surface area (Å²) in [6.45, 7) is 0. The van der Waals surface area contributed by atoms with E-state index in [1.165, 1.54) is 10.9 Å². The van der Waals surface area contributed by atoms with Gasteiger partial charge in [-0.1, -0.05) is 18.2 Å². The zero-order chi connectivity index (χ0) is 12.4. The van der Waals surface area contributed by atoms with Gasteiger partial charge >= 0.3 is 0 Å². The average Bonchev–Trinajstić information content (AvgIpc) is 2.39.